The summed E-state index contributed by atoms with van der Waals surface area (Å²) in [5, 5.41) is 35.5. The molecule has 0 saturated carbocycles. The minimum atomic E-state index is -0.431. The number of anilines is 4. The number of ether oxygens (including phenoxy) is 4. The maximum absolute atomic E-state index is 11.5. The lowest BCUT2D eigenvalue weighted by molar-refractivity contribution is -0.771. The van der Waals surface area contributed by atoms with Gasteiger partial charge in [0.25, 0.3) is 0 Å². The highest BCUT2D eigenvalue weighted by Gasteiger charge is 2.33. The van der Waals surface area contributed by atoms with Gasteiger partial charge in [-0.3, -0.25) is 9.13 Å². The van der Waals surface area contributed by atoms with E-state index in [4.69, 9.17) is 62.3 Å². The molecule has 360 valence electrons. The first-order valence-electron chi connectivity index (χ1n) is 17.8. The van der Waals surface area contributed by atoms with Gasteiger partial charge in [0, 0.05) is 36.0 Å². The largest absolute Gasteiger partial charge is 1.00 e. The molecule has 0 radical (unpaired) electrons. The van der Waals surface area contributed by atoms with E-state index in [1.54, 1.807) is 49.1 Å². The molecule has 4 saturated heterocycles. The summed E-state index contributed by atoms with van der Waals surface area (Å²) in [7, 11) is 0. The van der Waals surface area contributed by atoms with Gasteiger partial charge in [0.15, 0.2) is 11.6 Å². The molecule has 8 heterocycles. The van der Waals surface area contributed by atoms with Crippen molar-refractivity contribution in [2.75, 3.05) is 72.4 Å². The Morgan fingerprint density at radius 3 is 1.19 bits per heavy atom. The first-order valence-corrected chi connectivity index (χ1v) is 22.0. The van der Waals surface area contributed by atoms with Crippen molar-refractivity contribution in [3.05, 3.63) is 91.0 Å². The van der Waals surface area contributed by atoms with Crippen LogP contribution in [0, 0.1) is 0 Å². The second kappa shape index (κ2) is 28.4. The molecule has 8 atom stereocenters. The normalized spacial score (nSPS) is 24.1. The molecule has 0 bridgehead atoms. The molecule has 4 aliphatic heterocycles. The zero-order chi connectivity index (χ0) is 43.3. The molecule has 4 aliphatic rings. The fourth-order valence-corrected chi connectivity index (χ4v) is 9.12. The number of rotatable bonds is 8. The lowest BCUT2D eigenvalue weighted by atomic mass is 10.5. The SMILES string of the molecule is Nc1cc[n+]([C@@H]2CS[C@H](CO)O2)c(=O)[nH]1.Nc1cc[n+]([C@@H]2CS[C@H](CO)O2)c(=O)[nH]1.Nc1ccn([C@@H]2CS[C@H](CO)O2)c(=O)n1.Nc1ccn([C@@H]2CS[C@H](CO)O2)c(=O)n1.O.O.[Cl-].[Cl-]. The zero-order valence-corrected chi connectivity index (χ0v) is 38.1. The van der Waals surface area contributed by atoms with Crippen LogP contribution in [0.3, 0.4) is 0 Å². The van der Waals surface area contributed by atoms with Crippen LogP contribution in [0.1, 0.15) is 24.9 Å². The van der Waals surface area contributed by atoms with Crippen LogP contribution in [0.15, 0.2) is 68.2 Å². The summed E-state index contributed by atoms with van der Waals surface area (Å²) in [4.78, 5) is 58.0. The number of hydrogen-bond donors (Lipinski definition) is 10. The van der Waals surface area contributed by atoms with Crippen molar-refractivity contribution >= 4 is 70.3 Å². The molecule has 0 spiro atoms. The van der Waals surface area contributed by atoms with Gasteiger partial charge in [0.2, 0.25) is 12.5 Å². The van der Waals surface area contributed by atoms with Crippen LogP contribution >= 0.6 is 47.0 Å². The third-order valence-electron chi connectivity index (χ3n) is 8.28. The molecule has 4 aromatic rings. The first-order chi connectivity index (χ1) is 28.8. The molecule has 4 fully saturated rings. The van der Waals surface area contributed by atoms with Gasteiger partial charge in [-0.25, -0.2) is 9.59 Å². The minimum absolute atomic E-state index is 0. The third kappa shape index (κ3) is 16.3. The van der Waals surface area contributed by atoms with E-state index in [-0.39, 0.29) is 132 Å². The average Bonchev–Trinajstić information content (AvgIpc) is 4.07. The van der Waals surface area contributed by atoms with E-state index in [9.17, 15) is 19.2 Å². The van der Waals surface area contributed by atoms with Crippen LogP contribution < -0.4 is 79.6 Å². The predicted octanol–water partition coefficient (Wildman–Crippen LogP) is -11.2. The number of nitrogens with one attached hydrogen (secondary N) is 2. The number of H-pyrrole nitrogens is 2. The van der Waals surface area contributed by atoms with E-state index in [0.29, 0.717) is 34.6 Å². The summed E-state index contributed by atoms with van der Waals surface area (Å²) in [6, 6.07) is 6.28. The summed E-state index contributed by atoms with van der Waals surface area (Å²) in [5.41, 5.74) is 19.1. The topological polar surface area (TPSA) is 428 Å². The van der Waals surface area contributed by atoms with Crippen LogP contribution in [-0.2, 0) is 18.9 Å². The molecular weight excluding hydrogens is 976 g/mol. The van der Waals surface area contributed by atoms with Crippen LogP contribution in [0.5, 0.6) is 0 Å². The van der Waals surface area contributed by atoms with E-state index in [1.807, 2.05) is 0 Å². The number of nitrogen functional groups attached to an aromatic ring is 4. The van der Waals surface area contributed by atoms with Crippen molar-refractivity contribution in [3.63, 3.8) is 0 Å². The van der Waals surface area contributed by atoms with Gasteiger partial charge in [0.05, 0.1) is 37.9 Å². The number of aromatic nitrogens is 8. The maximum atomic E-state index is 11.5. The van der Waals surface area contributed by atoms with E-state index in [0.717, 1.165) is 0 Å². The minimum Gasteiger partial charge on any atom is -1.00 e. The molecule has 64 heavy (non-hydrogen) atoms. The van der Waals surface area contributed by atoms with Crippen molar-refractivity contribution in [1.29, 1.82) is 0 Å². The van der Waals surface area contributed by atoms with E-state index in [1.165, 1.54) is 65.3 Å². The number of aromatic amines is 2. The number of nitrogens with zero attached hydrogens (tertiary/aromatic N) is 6. The standard InChI is InChI=1S/4C8H11N3O3S.2ClH.2H2O/c4*9-5-1-2-11(8(13)10-5)6-4-15-7(3-12)14-6;;;;/h4*1-2,6-7,12H,3-4H2,(H2,9,10,13);2*1H;2*1H2/t4*6-,7+;;;;/m0000..../s1. The summed E-state index contributed by atoms with van der Waals surface area (Å²) >= 11 is 5.90. The average molecular weight is 1030 g/mol. The lowest BCUT2D eigenvalue weighted by Gasteiger charge is -2.13. The smallest absolute Gasteiger partial charge is 0.499 e. The van der Waals surface area contributed by atoms with Crippen LogP contribution in [0.25, 0.3) is 0 Å². The second-order valence-electron chi connectivity index (χ2n) is 12.4. The predicted molar refractivity (Wildman–Crippen MR) is 230 cm³/mol. The molecule has 26 nitrogen and oxygen atoms in total. The van der Waals surface area contributed by atoms with E-state index in [2.05, 4.69) is 19.9 Å². The number of hydrogen-bond acceptors (Lipinski definition) is 22. The molecule has 0 aromatic carbocycles. The molecule has 0 amide bonds. The second-order valence-corrected chi connectivity index (χ2v) is 17.2. The van der Waals surface area contributed by atoms with Crippen LogP contribution in [0.2, 0.25) is 0 Å². The van der Waals surface area contributed by atoms with Crippen molar-refractivity contribution in [2.24, 2.45) is 0 Å². The summed E-state index contributed by atoms with van der Waals surface area (Å²) in [6.45, 7) is -0.208. The monoisotopic (exact) mass is 1020 g/mol. The lowest BCUT2D eigenvalue weighted by Crippen LogP contribution is -3.00. The van der Waals surface area contributed by atoms with Gasteiger partial charge in [0.1, 0.15) is 58.2 Å². The Morgan fingerprint density at radius 1 is 0.578 bits per heavy atom. The van der Waals surface area contributed by atoms with Gasteiger partial charge in [-0.2, -0.15) is 38.7 Å². The quantitative estimate of drug-likeness (QED) is 0.0733. The Morgan fingerprint density at radius 2 is 0.906 bits per heavy atom. The number of thioether (sulfide) groups is 4. The highest BCUT2D eigenvalue weighted by Crippen LogP contribution is 2.31. The molecule has 0 aliphatic carbocycles. The Balaban J connectivity index is 0.000000418. The summed E-state index contributed by atoms with van der Waals surface area (Å²) in [6.07, 6.45) is 4.86. The Kier molecular flexibility index (Phi) is 25.8. The fraction of sp³-hybridized carbons (Fsp3) is 0.500. The molecular formula is C32H50Cl2N12O14S4. The number of nitrogens with two attached hydrogens (primary N) is 4. The molecule has 0 unspecified atom stereocenters. The Bertz CT molecular complexity index is 1960. The van der Waals surface area contributed by atoms with Crippen molar-refractivity contribution in [1.82, 2.24) is 29.1 Å². The van der Waals surface area contributed by atoms with Gasteiger partial charge < -0.3 is 98.1 Å². The van der Waals surface area contributed by atoms with Crippen molar-refractivity contribution in [3.8, 4) is 0 Å². The van der Waals surface area contributed by atoms with Crippen LogP contribution in [-0.4, -0.2) is 132 Å². The van der Waals surface area contributed by atoms with Gasteiger partial charge in [-0.1, -0.05) is 0 Å². The molecule has 4 aromatic heterocycles. The van der Waals surface area contributed by atoms with E-state index >= 15 is 0 Å². The Labute approximate surface area is 391 Å². The highest BCUT2D eigenvalue weighted by molar-refractivity contribution is 8.00. The fourth-order valence-electron chi connectivity index (χ4n) is 5.40. The first kappa shape index (κ1) is 58.3. The van der Waals surface area contributed by atoms with Gasteiger partial charge in [-0.15, -0.1) is 47.0 Å². The summed E-state index contributed by atoms with van der Waals surface area (Å²) < 4.78 is 27.3. The van der Waals surface area contributed by atoms with Gasteiger partial charge in [-0.05, 0) is 12.1 Å². The maximum Gasteiger partial charge on any atom is 0.499 e. The number of aliphatic hydroxyl groups is 4. The summed E-state index contributed by atoms with van der Waals surface area (Å²) in [5.74, 6) is 3.56. The van der Waals surface area contributed by atoms with Crippen molar-refractivity contribution in [2.45, 2.75) is 46.7 Å². The Hall–Kier alpha value is -3.70. The third-order valence-corrected chi connectivity index (χ3v) is 12.7. The molecule has 32 heteroatoms. The zero-order valence-electron chi connectivity index (χ0n) is 33.3. The molecule has 18 N–H and O–H groups in total. The molecule has 8 rings (SSSR count). The van der Waals surface area contributed by atoms with Gasteiger partial charge >= 0.3 is 22.8 Å². The number of halogens is 2. The highest BCUT2D eigenvalue weighted by atomic mass is 35.5. The van der Waals surface area contributed by atoms with Crippen LogP contribution in [0.4, 0.5) is 23.3 Å². The van der Waals surface area contributed by atoms with E-state index < -0.39 is 11.4 Å². The van der Waals surface area contributed by atoms with Crippen molar-refractivity contribution < 1.29 is 84.3 Å². The number of aliphatic hydroxyl groups excluding tert-OH is 4.